The van der Waals surface area contributed by atoms with Gasteiger partial charge in [0.1, 0.15) is 17.5 Å². The van der Waals surface area contributed by atoms with Crippen molar-refractivity contribution in [2.75, 3.05) is 6.54 Å². The highest BCUT2D eigenvalue weighted by molar-refractivity contribution is 5.25. The van der Waals surface area contributed by atoms with Crippen LogP contribution in [-0.2, 0) is 0 Å². The van der Waals surface area contributed by atoms with E-state index in [1.165, 1.54) is 6.07 Å². The molecule has 2 unspecified atom stereocenters. The van der Waals surface area contributed by atoms with E-state index in [9.17, 15) is 14.0 Å². The Hall–Kier alpha value is -1.67. The Morgan fingerprint density at radius 2 is 2.32 bits per heavy atom. The zero-order valence-electron chi connectivity index (χ0n) is 10.7. The number of rotatable bonds is 4. The van der Waals surface area contributed by atoms with Gasteiger partial charge < -0.3 is 4.74 Å². The summed E-state index contributed by atoms with van der Waals surface area (Å²) in [4.78, 5) is 0. The normalized spacial score (nSPS) is 26.1. The van der Waals surface area contributed by atoms with Crippen LogP contribution in [0, 0.1) is 23.0 Å². The molecule has 1 N–H and O–H groups in total. The van der Waals surface area contributed by atoms with Gasteiger partial charge in [-0.2, -0.15) is 5.26 Å². The van der Waals surface area contributed by atoms with Crippen molar-refractivity contribution in [2.24, 2.45) is 0 Å². The molecule has 5 heteroatoms. The van der Waals surface area contributed by atoms with Gasteiger partial charge in [0.05, 0.1) is 6.07 Å². The summed E-state index contributed by atoms with van der Waals surface area (Å²) in [5.41, 5.74) is -0.587. The first kappa shape index (κ1) is 13.8. The van der Waals surface area contributed by atoms with Crippen LogP contribution in [0.2, 0.25) is 0 Å². The van der Waals surface area contributed by atoms with Gasteiger partial charge >= 0.3 is 0 Å². The van der Waals surface area contributed by atoms with Crippen LogP contribution in [0.3, 0.4) is 0 Å². The van der Waals surface area contributed by atoms with Crippen molar-refractivity contribution in [1.82, 2.24) is 5.32 Å². The monoisotopic (exact) mass is 266 g/mol. The van der Waals surface area contributed by atoms with E-state index in [0.29, 0.717) is 25.8 Å². The van der Waals surface area contributed by atoms with Gasteiger partial charge in [0, 0.05) is 12.5 Å². The van der Waals surface area contributed by atoms with Gasteiger partial charge in [-0.25, -0.2) is 8.78 Å². The van der Waals surface area contributed by atoms with Crippen molar-refractivity contribution in [2.45, 2.75) is 37.8 Å². The van der Waals surface area contributed by atoms with Crippen molar-refractivity contribution >= 4 is 0 Å². The maximum Gasteiger partial charge on any atom is 0.167 e. The molecule has 3 nitrogen and oxygen atoms in total. The predicted molar refractivity (Wildman–Crippen MR) is 66.6 cm³/mol. The summed E-state index contributed by atoms with van der Waals surface area (Å²) in [7, 11) is 0. The van der Waals surface area contributed by atoms with Crippen LogP contribution in [0.1, 0.15) is 26.2 Å². The Kier molecular flexibility index (Phi) is 4.01. The lowest BCUT2D eigenvalue weighted by Gasteiger charge is -2.22. The lowest BCUT2D eigenvalue weighted by Crippen LogP contribution is -2.42. The first-order chi connectivity index (χ1) is 9.08. The van der Waals surface area contributed by atoms with Crippen LogP contribution in [0.15, 0.2) is 18.2 Å². The second kappa shape index (κ2) is 5.54. The fourth-order valence-corrected chi connectivity index (χ4v) is 2.49. The van der Waals surface area contributed by atoms with Gasteiger partial charge in [-0.05, 0) is 31.5 Å². The molecule has 102 valence electrons. The van der Waals surface area contributed by atoms with E-state index in [1.807, 2.05) is 6.92 Å². The van der Waals surface area contributed by atoms with Crippen LogP contribution in [0.25, 0.3) is 0 Å². The third-order valence-corrected chi connectivity index (χ3v) is 3.39. The van der Waals surface area contributed by atoms with E-state index in [2.05, 4.69) is 11.4 Å². The summed E-state index contributed by atoms with van der Waals surface area (Å²) < 4.78 is 31.8. The predicted octanol–water partition coefficient (Wildman–Crippen LogP) is 2.77. The highest BCUT2D eigenvalue weighted by Gasteiger charge is 2.40. The Morgan fingerprint density at radius 1 is 1.53 bits per heavy atom. The molecule has 1 aromatic carbocycles. The van der Waals surface area contributed by atoms with E-state index in [1.54, 1.807) is 0 Å². The molecule has 2 rings (SSSR count). The lowest BCUT2D eigenvalue weighted by atomic mass is 10.00. The first-order valence-electron chi connectivity index (χ1n) is 6.36. The average Bonchev–Trinajstić information content (AvgIpc) is 2.77. The van der Waals surface area contributed by atoms with Gasteiger partial charge in [-0.3, -0.25) is 5.32 Å². The second-order valence-electron chi connectivity index (χ2n) is 4.78. The number of nitrogens with zero attached hydrogens (tertiary/aromatic N) is 1. The molecule has 0 heterocycles. The molecular weight excluding hydrogens is 250 g/mol. The average molecular weight is 266 g/mol. The van der Waals surface area contributed by atoms with E-state index >= 15 is 0 Å². The third-order valence-electron chi connectivity index (χ3n) is 3.39. The molecule has 1 aliphatic rings. The summed E-state index contributed by atoms with van der Waals surface area (Å²) in [5.74, 6) is -1.30. The number of benzene rings is 1. The minimum Gasteiger partial charge on any atom is -0.487 e. The van der Waals surface area contributed by atoms with E-state index in [-0.39, 0.29) is 11.9 Å². The van der Waals surface area contributed by atoms with E-state index in [0.717, 1.165) is 12.1 Å². The molecule has 0 amide bonds. The zero-order valence-corrected chi connectivity index (χ0v) is 10.7. The second-order valence-corrected chi connectivity index (χ2v) is 4.78. The molecule has 1 saturated carbocycles. The summed E-state index contributed by atoms with van der Waals surface area (Å²) in [5, 5.41) is 12.4. The van der Waals surface area contributed by atoms with Crippen molar-refractivity contribution in [1.29, 1.82) is 5.26 Å². The van der Waals surface area contributed by atoms with Gasteiger partial charge in [-0.15, -0.1) is 0 Å². The molecule has 0 aliphatic heterocycles. The number of hydrogen-bond donors (Lipinski definition) is 1. The van der Waals surface area contributed by atoms with Crippen molar-refractivity contribution < 1.29 is 13.5 Å². The van der Waals surface area contributed by atoms with Crippen LogP contribution in [-0.4, -0.2) is 18.2 Å². The summed E-state index contributed by atoms with van der Waals surface area (Å²) in [6, 6.07) is 5.51. The van der Waals surface area contributed by atoms with Crippen molar-refractivity contribution in [3.05, 3.63) is 29.8 Å². The van der Waals surface area contributed by atoms with Gasteiger partial charge in [0.15, 0.2) is 11.6 Å². The maximum absolute atomic E-state index is 13.5. The highest BCUT2D eigenvalue weighted by Crippen LogP contribution is 2.33. The minimum atomic E-state index is -0.710. The van der Waals surface area contributed by atoms with E-state index < -0.39 is 17.2 Å². The van der Waals surface area contributed by atoms with Crippen molar-refractivity contribution in [3.63, 3.8) is 0 Å². The molecule has 2 atom stereocenters. The van der Waals surface area contributed by atoms with Crippen molar-refractivity contribution in [3.8, 4) is 11.8 Å². The highest BCUT2D eigenvalue weighted by atomic mass is 19.1. The molecule has 0 aromatic heterocycles. The molecule has 19 heavy (non-hydrogen) atoms. The number of halogens is 2. The molecular formula is C14H16F2N2O. The Balaban J connectivity index is 2.04. The van der Waals surface area contributed by atoms with Gasteiger partial charge in [-0.1, -0.05) is 6.92 Å². The first-order valence-corrected chi connectivity index (χ1v) is 6.36. The molecule has 1 aliphatic carbocycles. The Bertz CT molecular complexity index is 501. The standard InChI is InChI=1S/C14H16F2N2O/c1-2-18-14(9-17)6-5-11(8-14)19-13-4-3-10(15)7-12(13)16/h3-4,7,11,18H,2,5-6,8H2,1H3. The van der Waals surface area contributed by atoms with Gasteiger partial charge in [0.25, 0.3) is 0 Å². The topological polar surface area (TPSA) is 45.0 Å². The fourth-order valence-electron chi connectivity index (χ4n) is 2.49. The minimum absolute atomic E-state index is 0.0386. The number of nitriles is 1. The summed E-state index contributed by atoms with van der Waals surface area (Å²) >= 11 is 0. The van der Waals surface area contributed by atoms with Crippen LogP contribution in [0.5, 0.6) is 5.75 Å². The fraction of sp³-hybridized carbons (Fsp3) is 0.500. The Morgan fingerprint density at radius 3 is 2.95 bits per heavy atom. The summed E-state index contributed by atoms with van der Waals surface area (Å²) in [6.45, 7) is 2.64. The molecule has 0 spiro atoms. The maximum atomic E-state index is 13.5. The SMILES string of the molecule is CCNC1(C#N)CCC(Oc2ccc(F)cc2F)C1. The molecule has 1 aromatic rings. The zero-order chi connectivity index (χ0) is 13.9. The van der Waals surface area contributed by atoms with Crippen LogP contribution >= 0.6 is 0 Å². The van der Waals surface area contributed by atoms with Crippen LogP contribution < -0.4 is 10.1 Å². The smallest absolute Gasteiger partial charge is 0.167 e. The molecule has 0 radical (unpaired) electrons. The molecule has 1 fully saturated rings. The number of nitrogens with one attached hydrogen (secondary N) is 1. The Labute approximate surface area is 111 Å². The number of ether oxygens (including phenoxy) is 1. The summed E-state index contributed by atoms with van der Waals surface area (Å²) in [6.07, 6.45) is 1.63. The van der Waals surface area contributed by atoms with E-state index in [4.69, 9.17) is 4.74 Å². The molecule has 0 saturated heterocycles. The third kappa shape index (κ3) is 3.02. The lowest BCUT2D eigenvalue weighted by molar-refractivity contribution is 0.192. The van der Waals surface area contributed by atoms with Crippen LogP contribution in [0.4, 0.5) is 8.78 Å². The quantitative estimate of drug-likeness (QED) is 0.911. The largest absolute Gasteiger partial charge is 0.487 e. The number of hydrogen-bond acceptors (Lipinski definition) is 3. The molecule has 0 bridgehead atoms. The van der Waals surface area contributed by atoms with Gasteiger partial charge in [0.2, 0.25) is 0 Å².